The van der Waals surface area contributed by atoms with E-state index in [9.17, 15) is 14.0 Å². The molecule has 0 aliphatic rings. The number of benzene rings is 1. The number of rotatable bonds is 4. The summed E-state index contributed by atoms with van der Waals surface area (Å²) in [6.45, 7) is 5.56. The second kappa shape index (κ2) is 7.23. The predicted octanol–water partition coefficient (Wildman–Crippen LogP) is 2.54. The second-order valence-corrected chi connectivity index (χ2v) is 5.15. The highest BCUT2D eigenvalue weighted by Crippen LogP contribution is 2.24. The second-order valence-electron chi connectivity index (χ2n) is 4.30. The molecule has 1 atom stereocenters. The molecule has 7 heteroatoms. The van der Waals surface area contributed by atoms with Gasteiger partial charge in [-0.05, 0) is 54.4 Å². The molecule has 1 aromatic rings. The van der Waals surface area contributed by atoms with Gasteiger partial charge < -0.3 is 10.6 Å². The van der Waals surface area contributed by atoms with Gasteiger partial charge in [0.25, 0.3) is 0 Å². The predicted molar refractivity (Wildman–Crippen MR) is 79.1 cm³/mol. The summed E-state index contributed by atoms with van der Waals surface area (Å²) in [5.74, 6) is -0.909. The first kappa shape index (κ1) is 16.4. The minimum Gasteiger partial charge on any atom is -0.374 e. The van der Waals surface area contributed by atoms with Crippen molar-refractivity contribution in [1.29, 1.82) is 0 Å². The molecule has 0 radical (unpaired) electrons. The van der Waals surface area contributed by atoms with Gasteiger partial charge in [0.15, 0.2) is 0 Å². The van der Waals surface area contributed by atoms with Crippen molar-refractivity contribution in [2.24, 2.45) is 0 Å². The molecule has 5 nitrogen and oxygen atoms in total. The summed E-state index contributed by atoms with van der Waals surface area (Å²) in [6.07, 6.45) is 0. The number of nitrogens with one attached hydrogen (secondary N) is 3. The first-order chi connectivity index (χ1) is 9.35. The maximum absolute atomic E-state index is 13.5. The van der Waals surface area contributed by atoms with Crippen molar-refractivity contribution >= 4 is 33.6 Å². The molecule has 1 unspecified atom stereocenters. The van der Waals surface area contributed by atoms with Crippen molar-refractivity contribution in [2.45, 2.75) is 26.8 Å². The van der Waals surface area contributed by atoms with E-state index in [-0.39, 0.29) is 0 Å². The van der Waals surface area contributed by atoms with Crippen LogP contribution in [0.3, 0.4) is 0 Å². The highest BCUT2D eigenvalue weighted by atomic mass is 79.9. The average molecular weight is 346 g/mol. The average Bonchev–Trinajstić information content (AvgIpc) is 2.35. The lowest BCUT2D eigenvalue weighted by atomic mass is 10.1. The van der Waals surface area contributed by atoms with Gasteiger partial charge >= 0.3 is 6.03 Å². The first-order valence-corrected chi connectivity index (χ1v) is 6.95. The molecule has 110 valence electrons. The maximum Gasteiger partial charge on any atom is 0.321 e. The fourth-order valence-corrected chi connectivity index (χ4v) is 1.98. The van der Waals surface area contributed by atoms with Crippen molar-refractivity contribution in [3.05, 3.63) is 28.0 Å². The zero-order valence-corrected chi connectivity index (χ0v) is 13.1. The topological polar surface area (TPSA) is 70.2 Å². The molecule has 0 saturated heterocycles. The van der Waals surface area contributed by atoms with Crippen LogP contribution in [0.15, 0.2) is 16.6 Å². The number of carbonyl (C=O) groups excluding carboxylic acids is 2. The largest absolute Gasteiger partial charge is 0.374 e. The Bertz CT molecular complexity index is 523. The molecule has 0 aliphatic carbocycles. The number of imide groups is 1. The minimum atomic E-state index is -0.670. The van der Waals surface area contributed by atoms with Crippen LogP contribution in [0.5, 0.6) is 0 Å². The monoisotopic (exact) mass is 345 g/mol. The lowest BCUT2D eigenvalue weighted by Crippen LogP contribution is -2.45. The Morgan fingerprint density at radius 1 is 1.40 bits per heavy atom. The van der Waals surface area contributed by atoms with E-state index in [0.29, 0.717) is 16.7 Å². The SMILES string of the molecule is CCNC(=O)NC(=O)C(C)Nc1cc(F)c(Br)cc1C. The molecule has 1 rings (SSSR count). The van der Waals surface area contributed by atoms with E-state index in [1.807, 2.05) is 0 Å². The number of anilines is 1. The van der Waals surface area contributed by atoms with Crippen LogP contribution in [-0.4, -0.2) is 24.5 Å². The summed E-state index contributed by atoms with van der Waals surface area (Å²) in [6, 6.07) is 1.70. The molecular weight excluding hydrogens is 329 g/mol. The third kappa shape index (κ3) is 4.48. The number of amides is 3. The normalized spacial score (nSPS) is 11.7. The van der Waals surface area contributed by atoms with Crippen molar-refractivity contribution in [3.63, 3.8) is 0 Å². The summed E-state index contributed by atoms with van der Waals surface area (Å²) in [7, 11) is 0. The van der Waals surface area contributed by atoms with Gasteiger partial charge in [-0.15, -0.1) is 0 Å². The van der Waals surface area contributed by atoms with Crippen LogP contribution >= 0.6 is 15.9 Å². The van der Waals surface area contributed by atoms with Gasteiger partial charge in [0.1, 0.15) is 11.9 Å². The van der Waals surface area contributed by atoms with E-state index in [0.717, 1.165) is 5.56 Å². The van der Waals surface area contributed by atoms with Crippen LogP contribution in [-0.2, 0) is 4.79 Å². The van der Waals surface area contributed by atoms with Crippen LogP contribution in [0.4, 0.5) is 14.9 Å². The zero-order valence-electron chi connectivity index (χ0n) is 11.5. The summed E-state index contributed by atoms with van der Waals surface area (Å²) >= 11 is 3.09. The van der Waals surface area contributed by atoms with Gasteiger partial charge in [0, 0.05) is 12.2 Å². The Kier molecular flexibility index (Phi) is 5.94. The Labute approximate surface area is 125 Å². The summed E-state index contributed by atoms with van der Waals surface area (Å²) in [5, 5.41) is 7.52. The molecule has 3 N–H and O–H groups in total. The highest BCUT2D eigenvalue weighted by molar-refractivity contribution is 9.10. The molecule has 20 heavy (non-hydrogen) atoms. The van der Waals surface area contributed by atoms with Crippen LogP contribution < -0.4 is 16.0 Å². The molecule has 3 amide bonds. The van der Waals surface area contributed by atoms with Crippen molar-refractivity contribution < 1.29 is 14.0 Å². The van der Waals surface area contributed by atoms with Crippen LogP contribution in [0.2, 0.25) is 0 Å². The number of halogens is 2. The fourth-order valence-electron chi connectivity index (χ4n) is 1.53. The van der Waals surface area contributed by atoms with Crippen LogP contribution in [0, 0.1) is 12.7 Å². The number of hydrogen-bond acceptors (Lipinski definition) is 3. The van der Waals surface area contributed by atoms with Crippen LogP contribution in [0.25, 0.3) is 0 Å². The summed E-state index contributed by atoms with van der Waals surface area (Å²) < 4.78 is 13.8. The summed E-state index contributed by atoms with van der Waals surface area (Å²) in [4.78, 5) is 23.0. The van der Waals surface area contributed by atoms with Gasteiger partial charge in [0.2, 0.25) is 5.91 Å². The molecule has 0 fully saturated rings. The number of aryl methyl sites for hydroxylation is 1. The van der Waals surface area contributed by atoms with E-state index in [2.05, 4.69) is 31.9 Å². The molecule has 0 spiro atoms. The Morgan fingerprint density at radius 2 is 2.05 bits per heavy atom. The Hall–Kier alpha value is -1.63. The van der Waals surface area contributed by atoms with E-state index in [4.69, 9.17) is 0 Å². The highest BCUT2D eigenvalue weighted by Gasteiger charge is 2.16. The lowest BCUT2D eigenvalue weighted by molar-refractivity contribution is -0.120. The van der Waals surface area contributed by atoms with Gasteiger partial charge in [-0.1, -0.05) is 0 Å². The molecular formula is C13H17BrFN3O2. The van der Waals surface area contributed by atoms with Gasteiger partial charge in [-0.3, -0.25) is 10.1 Å². The molecule has 0 saturated carbocycles. The summed E-state index contributed by atoms with van der Waals surface area (Å²) in [5.41, 5.74) is 1.29. The standard InChI is InChI=1S/C13H17BrFN3O2/c1-4-16-13(20)18-12(19)8(3)17-11-6-10(15)9(14)5-7(11)2/h5-6,8,17H,4H2,1-3H3,(H2,16,18,19,20). The molecule has 0 aliphatic heterocycles. The van der Waals surface area contributed by atoms with Crippen molar-refractivity contribution in [3.8, 4) is 0 Å². The quantitative estimate of drug-likeness (QED) is 0.785. The molecule has 1 aromatic carbocycles. The van der Waals surface area contributed by atoms with Crippen LogP contribution in [0.1, 0.15) is 19.4 Å². The third-order valence-corrected chi connectivity index (χ3v) is 3.21. The molecule has 0 heterocycles. The van der Waals surface area contributed by atoms with Gasteiger partial charge in [-0.25, -0.2) is 9.18 Å². The van der Waals surface area contributed by atoms with E-state index >= 15 is 0 Å². The Morgan fingerprint density at radius 3 is 2.65 bits per heavy atom. The molecule has 0 aromatic heterocycles. The minimum absolute atomic E-state index is 0.361. The van der Waals surface area contributed by atoms with E-state index in [1.165, 1.54) is 6.07 Å². The van der Waals surface area contributed by atoms with Crippen molar-refractivity contribution in [1.82, 2.24) is 10.6 Å². The smallest absolute Gasteiger partial charge is 0.321 e. The van der Waals surface area contributed by atoms with E-state index in [1.54, 1.807) is 26.8 Å². The number of urea groups is 1. The third-order valence-electron chi connectivity index (χ3n) is 2.61. The van der Waals surface area contributed by atoms with Crippen molar-refractivity contribution in [2.75, 3.05) is 11.9 Å². The van der Waals surface area contributed by atoms with Gasteiger partial charge in [0.05, 0.1) is 4.47 Å². The van der Waals surface area contributed by atoms with Gasteiger partial charge in [-0.2, -0.15) is 0 Å². The maximum atomic E-state index is 13.5. The lowest BCUT2D eigenvalue weighted by Gasteiger charge is -2.17. The first-order valence-electron chi connectivity index (χ1n) is 6.16. The fraction of sp³-hybridized carbons (Fsp3) is 0.385. The number of hydrogen-bond donors (Lipinski definition) is 3. The number of carbonyl (C=O) groups is 2. The molecule has 0 bridgehead atoms. The van der Waals surface area contributed by atoms with E-state index < -0.39 is 23.8 Å². The zero-order chi connectivity index (χ0) is 15.3. The Balaban J connectivity index is 2.71.